The van der Waals surface area contributed by atoms with E-state index < -0.39 is 0 Å². The third-order valence-electron chi connectivity index (χ3n) is 10.5. The molecule has 44 heavy (non-hydrogen) atoms. The van der Waals surface area contributed by atoms with Gasteiger partial charge in [0.2, 0.25) is 0 Å². The van der Waals surface area contributed by atoms with Gasteiger partial charge in [-0.25, -0.2) is 4.79 Å². The summed E-state index contributed by atoms with van der Waals surface area (Å²) in [5.41, 5.74) is 5.16. The molecular weight excluding hydrogens is 544 g/mol. The van der Waals surface area contributed by atoms with E-state index in [0.717, 1.165) is 62.5 Å². The van der Waals surface area contributed by atoms with Gasteiger partial charge in [-0.05, 0) is 110 Å². The van der Waals surface area contributed by atoms with Crippen LogP contribution >= 0.6 is 0 Å². The van der Waals surface area contributed by atoms with Gasteiger partial charge in [0.05, 0.1) is 5.56 Å². The molecule has 0 aliphatic heterocycles. The number of hydrogen-bond donors (Lipinski definition) is 2. The van der Waals surface area contributed by atoms with Crippen LogP contribution < -0.4 is 0 Å². The van der Waals surface area contributed by atoms with Crippen LogP contribution in [-0.4, -0.2) is 22.3 Å². The van der Waals surface area contributed by atoms with Crippen molar-refractivity contribution in [1.29, 1.82) is 0 Å². The lowest BCUT2D eigenvalue weighted by Crippen LogP contribution is -2.36. The van der Waals surface area contributed by atoms with Crippen molar-refractivity contribution in [3.63, 3.8) is 0 Å². The molecule has 0 radical (unpaired) electrons. The SMILES string of the molecule is CCC(Cc1ccc(O)c(C2CCCCC2)c1)C(OC(=O)c1ccccc1)C(CC)Cc1ccc(O)c(C2CCCCC2)c1. The summed E-state index contributed by atoms with van der Waals surface area (Å²) in [7, 11) is 0. The molecule has 2 fully saturated rings. The molecule has 2 aliphatic rings. The maximum Gasteiger partial charge on any atom is 0.338 e. The highest BCUT2D eigenvalue weighted by molar-refractivity contribution is 5.89. The molecule has 4 heteroatoms. The Morgan fingerprint density at radius 2 is 1.14 bits per heavy atom. The summed E-state index contributed by atoms with van der Waals surface area (Å²) in [6, 6.07) is 21.6. The number of esters is 1. The number of aromatic hydroxyl groups is 2. The van der Waals surface area contributed by atoms with Crippen molar-refractivity contribution in [3.8, 4) is 11.5 Å². The summed E-state index contributed by atoms with van der Waals surface area (Å²) in [6.07, 6.45) is 15.1. The Kier molecular flexibility index (Phi) is 11.4. The Labute approximate surface area is 264 Å². The molecule has 2 atom stereocenters. The van der Waals surface area contributed by atoms with Crippen LogP contribution in [0, 0.1) is 11.8 Å². The predicted molar refractivity (Wildman–Crippen MR) is 178 cm³/mol. The minimum Gasteiger partial charge on any atom is -0.508 e. The van der Waals surface area contributed by atoms with E-state index in [1.54, 1.807) is 0 Å². The fraction of sp³-hybridized carbons (Fsp3) is 0.525. The number of carbonyl (C=O) groups excluding carboxylic acids is 1. The predicted octanol–water partition coefficient (Wildman–Crippen LogP) is 10.3. The molecule has 3 aromatic rings. The van der Waals surface area contributed by atoms with Crippen molar-refractivity contribution >= 4 is 5.97 Å². The van der Waals surface area contributed by atoms with Gasteiger partial charge >= 0.3 is 5.97 Å². The largest absolute Gasteiger partial charge is 0.508 e. The second kappa shape index (κ2) is 15.6. The van der Waals surface area contributed by atoms with Crippen LogP contribution in [0.3, 0.4) is 0 Å². The minimum atomic E-state index is -0.269. The van der Waals surface area contributed by atoms with Crippen LogP contribution in [0.15, 0.2) is 66.7 Å². The van der Waals surface area contributed by atoms with Gasteiger partial charge in [0.1, 0.15) is 17.6 Å². The summed E-state index contributed by atoms with van der Waals surface area (Å²) in [5, 5.41) is 21.5. The fourth-order valence-electron chi connectivity index (χ4n) is 7.88. The standard InChI is InChI=1S/C40H52O4/c1-3-30(24-28-20-22-37(41)35(26-28)32-14-8-5-9-15-32)39(44-40(43)34-18-12-7-13-19-34)31(4-2)25-29-21-23-38(42)36(27-29)33-16-10-6-11-17-33/h7,12-13,18-23,26-27,30-33,39,41-42H,3-6,8-11,14-17,24-25H2,1-2H3. The normalized spacial score (nSPS) is 18.4. The van der Waals surface area contributed by atoms with E-state index in [1.807, 2.05) is 42.5 Å². The lowest BCUT2D eigenvalue weighted by Gasteiger charge is -2.33. The highest BCUT2D eigenvalue weighted by atomic mass is 16.5. The topological polar surface area (TPSA) is 66.8 Å². The smallest absolute Gasteiger partial charge is 0.338 e. The first-order chi connectivity index (χ1) is 21.5. The molecule has 4 nitrogen and oxygen atoms in total. The van der Waals surface area contributed by atoms with Crippen LogP contribution in [0.1, 0.15) is 135 Å². The molecule has 0 heterocycles. The average molecular weight is 597 g/mol. The molecule has 236 valence electrons. The van der Waals surface area contributed by atoms with Gasteiger partial charge in [-0.2, -0.15) is 0 Å². The van der Waals surface area contributed by atoms with Gasteiger partial charge in [0.25, 0.3) is 0 Å². The van der Waals surface area contributed by atoms with Crippen molar-refractivity contribution < 1.29 is 19.7 Å². The zero-order valence-corrected chi connectivity index (χ0v) is 26.8. The van der Waals surface area contributed by atoms with E-state index in [9.17, 15) is 15.0 Å². The van der Waals surface area contributed by atoms with Crippen LogP contribution in [0.4, 0.5) is 0 Å². The zero-order valence-electron chi connectivity index (χ0n) is 26.8. The minimum absolute atomic E-state index is 0.131. The number of phenols is 2. The number of phenolic OH excluding ortho intramolecular Hbond substituents is 2. The summed E-state index contributed by atoms with van der Waals surface area (Å²) in [6.45, 7) is 4.40. The molecule has 0 saturated heterocycles. The van der Waals surface area contributed by atoms with Crippen LogP contribution in [0.5, 0.6) is 11.5 Å². The van der Waals surface area contributed by atoms with Crippen molar-refractivity contribution in [1.82, 2.24) is 0 Å². The number of rotatable bonds is 12. The van der Waals surface area contributed by atoms with Gasteiger partial charge in [0.15, 0.2) is 0 Å². The molecule has 2 unspecified atom stereocenters. The monoisotopic (exact) mass is 596 g/mol. The van der Waals surface area contributed by atoms with Crippen LogP contribution in [0.25, 0.3) is 0 Å². The molecule has 0 aromatic heterocycles. The Bertz CT molecular complexity index is 1260. The van der Waals surface area contributed by atoms with Crippen LogP contribution in [0.2, 0.25) is 0 Å². The van der Waals surface area contributed by atoms with Gasteiger partial charge in [0, 0.05) is 11.8 Å². The average Bonchev–Trinajstić information content (AvgIpc) is 3.07. The first kappa shape index (κ1) is 32.1. The number of hydrogen-bond acceptors (Lipinski definition) is 4. The lowest BCUT2D eigenvalue weighted by atomic mass is 9.78. The van der Waals surface area contributed by atoms with Gasteiger partial charge < -0.3 is 14.9 Å². The van der Waals surface area contributed by atoms with Gasteiger partial charge in [-0.1, -0.05) is 94.8 Å². The Balaban J connectivity index is 1.42. The van der Waals surface area contributed by atoms with E-state index in [4.69, 9.17) is 4.74 Å². The second-order valence-electron chi connectivity index (χ2n) is 13.4. The quantitative estimate of drug-likeness (QED) is 0.204. The van der Waals surface area contributed by atoms with Crippen molar-refractivity contribution in [2.75, 3.05) is 0 Å². The molecule has 3 aromatic carbocycles. The third kappa shape index (κ3) is 8.06. The summed E-state index contributed by atoms with van der Waals surface area (Å²) in [5.74, 6) is 1.66. The maximum absolute atomic E-state index is 13.5. The van der Waals surface area contributed by atoms with E-state index in [0.29, 0.717) is 28.9 Å². The number of ether oxygens (including phenoxy) is 1. The first-order valence-electron chi connectivity index (χ1n) is 17.4. The second-order valence-corrected chi connectivity index (χ2v) is 13.4. The zero-order chi connectivity index (χ0) is 30.9. The number of benzene rings is 3. The molecule has 2 aliphatic carbocycles. The highest BCUT2D eigenvalue weighted by Gasteiger charge is 2.33. The van der Waals surface area contributed by atoms with E-state index in [-0.39, 0.29) is 23.9 Å². The van der Waals surface area contributed by atoms with E-state index in [1.165, 1.54) is 49.7 Å². The maximum atomic E-state index is 13.5. The Morgan fingerprint density at radius 3 is 1.57 bits per heavy atom. The summed E-state index contributed by atoms with van der Waals surface area (Å²) < 4.78 is 6.49. The molecule has 5 rings (SSSR count). The van der Waals surface area contributed by atoms with E-state index in [2.05, 4.69) is 38.1 Å². The Morgan fingerprint density at radius 1 is 0.682 bits per heavy atom. The number of carbonyl (C=O) groups is 1. The third-order valence-corrected chi connectivity index (χ3v) is 10.5. The Hall–Kier alpha value is -3.27. The molecule has 2 N–H and O–H groups in total. The van der Waals surface area contributed by atoms with Gasteiger partial charge in [-0.15, -0.1) is 0 Å². The molecule has 0 amide bonds. The van der Waals surface area contributed by atoms with Crippen molar-refractivity contribution in [2.45, 2.75) is 122 Å². The first-order valence-corrected chi connectivity index (χ1v) is 17.4. The lowest BCUT2D eigenvalue weighted by molar-refractivity contribution is -0.0104. The van der Waals surface area contributed by atoms with Gasteiger partial charge in [-0.3, -0.25) is 0 Å². The molecular formula is C40H52O4. The molecule has 2 saturated carbocycles. The summed E-state index contributed by atoms with van der Waals surface area (Å²) in [4.78, 5) is 13.5. The van der Waals surface area contributed by atoms with Crippen LogP contribution in [-0.2, 0) is 17.6 Å². The fourth-order valence-corrected chi connectivity index (χ4v) is 7.88. The summed E-state index contributed by atoms with van der Waals surface area (Å²) >= 11 is 0. The molecule has 0 spiro atoms. The van der Waals surface area contributed by atoms with E-state index >= 15 is 0 Å². The molecule has 0 bridgehead atoms. The van der Waals surface area contributed by atoms with Crippen molar-refractivity contribution in [2.24, 2.45) is 11.8 Å². The highest BCUT2D eigenvalue weighted by Crippen LogP contribution is 2.40. The van der Waals surface area contributed by atoms with Crippen molar-refractivity contribution in [3.05, 3.63) is 94.5 Å².